The van der Waals surface area contributed by atoms with Gasteiger partial charge in [-0.3, -0.25) is 5.32 Å². The molecule has 2 aliphatic heterocycles. The average molecular weight is 625 g/mol. The van der Waals surface area contributed by atoms with Crippen LogP contribution in [0.2, 0.25) is 0 Å². The van der Waals surface area contributed by atoms with Crippen LogP contribution >= 0.6 is 0 Å². The van der Waals surface area contributed by atoms with E-state index in [1.807, 2.05) is 0 Å². The molecule has 0 amide bonds. The van der Waals surface area contributed by atoms with Crippen molar-refractivity contribution in [2.45, 2.75) is 43.3 Å². The molecule has 5 aromatic carbocycles. The number of hydrogen-bond acceptors (Lipinski definition) is 3. The number of allylic oxidation sites excluding steroid dienone is 5. The lowest BCUT2D eigenvalue weighted by atomic mass is 9.58. The molecule has 0 spiro atoms. The Morgan fingerprint density at radius 3 is 2.17 bits per heavy atom. The molecule has 0 aromatic heterocycles. The topological polar surface area (TPSA) is 33.3 Å². The number of nitrogens with one attached hydrogen (secondary N) is 2. The van der Waals surface area contributed by atoms with Crippen LogP contribution in [0.15, 0.2) is 169 Å². The van der Waals surface area contributed by atoms with Crippen LogP contribution in [-0.4, -0.2) is 0 Å². The molecule has 2 heterocycles. The lowest BCUT2D eigenvalue weighted by molar-refractivity contribution is 0.245. The highest BCUT2D eigenvalue weighted by Crippen LogP contribution is 2.56. The van der Waals surface area contributed by atoms with Crippen LogP contribution in [0.25, 0.3) is 11.1 Å². The van der Waals surface area contributed by atoms with Crippen molar-refractivity contribution in [2.75, 3.05) is 0 Å². The zero-order chi connectivity index (χ0) is 31.9. The summed E-state index contributed by atoms with van der Waals surface area (Å²) in [6.45, 7) is 0. The summed E-state index contributed by atoms with van der Waals surface area (Å²) in [6.07, 6.45) is 13.5. The Bertz CT molecular complexity index is 2010. The summed E-state index contributed by atoms with van der Waals surface area (Å²) in [7, 11) is 0. The molecule has 236 valence electrons. The van der Waals surface area contributed by atoms with Gasteiger partial charge in [0.05, 0.1) is 5.41 Å². The van der Waals surface area contributed by atoms with E-state index in [2.05, 4.69) is 168 Å². The fourth-order valence-corrected chi connectivity index (χ4v) is 8.76. The minimum Gasteiger partial charge on any atom is -0.461 e. The third kappa shape index (κ3) is 4.84. The van der Waals surface area contributed by atoms with E-state index in [1.165, 1.54) is 57.5 Å². The van der Waals surface area contributed by atoms with Crippen molar-refractivity contribution in [3.8, 4) is 16.9 Å². The number of rotatable bonds is 5. The van der Waals surface area contributed by atoms with Gasteiger partial charge in [0.25, 0.3) is 0 Å². The molecular formula is C45H40N2O. The number of fused-ring (bicyclic) bond motifs is 3. The molecule has 1 fully saturated rings. The summed E-state index contributed by atoms with van der Waals surface area (Å²) < 4.78 is 6.57. The first-order valence-electron chi connectivity index (χ1n) is 17.5. The number of hydrogen-bond donors (Lipinski definition) is 2. The maximum Gasteiger partial charge on any atom is 0.131 e. The molecular weight excluding hydrogens is 585 g/mol. The van der Waals surface area contributed by atoms with E-state index in [4.69, 9.17) is 4.74 Å². The van der Waals surface area contributed by atoms with Gasteiger partial charge in [-0.05, 0) is 71.2 Å². The van der Waals surface area contributed by atoms with E-state index >= 15 is 0 Å². The summed E-state index contributed by atoms with van der Waals surface area (Å²) in [5.41, 5.74) is 9.93. The number of benzene rings is 5. The predicted molar refractivity (Wildman–Crippen MR) is 194 cm³/mol. The molecule has 5 unspecified atom stereocenters. The van der Waals surface area contributed by atoms with Gasteiger partial charge in [0.1, 0.15) is 17.7 Å². The van der Waals surface area contributed by atoms with Crippen molar-refractivity contribution in [1.29, 1.82) is 0 Å². The van der Waals surface area contributed by atoms with Crippen LogP contribution in [0, 0.1) is 11.8 Å². The smallest absolute Gasteiger partial charge is 0.131 e. The molecule has 48 heavy (non-hydrogen) atoms. The predicted octanol–water partition coefficient (Wildman–Crippen LogP) is 10.2. The van der Waals surface area contributed by atoms with E-state index in [0.717, 1.165) is 24.4 Å². The normalized spacial score (nSPS) is 25.7. The lowest BCUT2D eigenvalue weighted by Crippen LogP contribution is -2.48. The standard InChI is InChI=1S/C45H40N2O/c1-3-13-31(14-4-1)32-23-25-33(26-24-32)43-37-17-7-10-20-40(37)46-44(47-43)34-27-29-36(30-28-34)45(35-15-5-2-6-16-35)38-18-8-11-21-41(38)48-42-22-12-9-19-39(42)45/h1-6,8-9,11-16,18,20-30,37,39,43-44,46-47H,7,10,17,19H2. The van der Waals surface area contributed by atoms with E-state index in [-0.39, 0.29) is 23.5 Å². The molecule has 1 saturated heterocycles. The molecule has 9 rings (SSSR count). The van der Waals surface area contributed by atoms with Gasteiger partial charge in [0.15, 0.2) is 0 Å². The first-order valence-corrected chi connectivity index (χ1v) is 17.5. The van der Waals surface area contributed by atoms with Gasteiger partial charge in [-0.25, -0.2) is 0 Å². The van der Waals surface area contributed by atoms with Crippen molar-refractivity contribution >= 4 is 0 Å². The average Bonchev–Trinajstić information content (AvgIpc) is 3.17. The van der Waals surface area contributed by atoms with E-state index < -0.39 is 0 Å². The molecule has 0 saturated carbocycles. The zero-order valence-electron chi connectivity index (χ0n) is 27.1. The highest BCUT2D eigenvalue weighted by Gasteiger charge is 2.50. The van der Waals surface area contributed by atoms with Crippen LogP contribution < -0.4 is 15.4 Å². The van der Waals surface area contributed by atoms with Gasteiger partial charge in [-0.1, -0.05) is 146 Å². The summed E-state index contributed by atoms with van der Waals surface area (Å²) in [6, 6.07) is 49.2. The van der Waals surface area contributed by atoms with Gasteiger partial charge in [0, 0.05) is 29.1 Å². The van der Waals surface area contributed by atoms with Crippen LogP contribution in [0.5, 0.6) is 5.75 Å². The van der Waals surface area contributed by atoms with Crippen molar-refractivity contribution in [3.63, 3.8) is 0 Å². The van der Waals surface area contributed by atoms with Gasteiger partial charge >= 0.3 is 0 Å². The molecule has 0 bridgehead atoms. The molecule has 5 atom stereocenters. The monoisotopic (exact) mass is 624 g/mol. The third-order valence-electron chi connectivity index (χ3n) is 11.0. The van der Waals surface area contributed by atoms with Crippen molar-refractivity contribution < 1.29 is 4.74 Å². The van der Waals surface area contributed by atoms with Gasteiger partial charge < -0.3 is 10.1 Å². The molecule has 3 heteroatoms. The van der Waals surface area contributed by atoms with Gasteiger partial charge in [0.2, 0.25) is 0 Å². The lowest BCUT2D eigenvalue weighted by Gasteiger charge is -2.47. The summed E-state index contributed by atoms with van der Waals surface area (Å²) in [5, 5.41) is 7.98. The SMILES string of the molecule is C1=CCC2C(=C1)Oc1ccccc1C2(c1ccccc1)c1ccc(C2NC3=CCCCC3C(c3ccc(-c4ccccc4)cc3)N2)cc1. The Kier molecular flexibility index (Phi) is 7.36. The van der Waals surface area contributed by atoms with Crippen molar-refractivity contribution in [2.24, 2.45) is 11.8 Å². The third-order valence-corrected chi connectivity index (χ3v) is 11.0. The Hall–Kier alpha value is -5.12. The fourth-order valence-electron chi connectivity index (χ4n) is 8.76. The molecule has 3 nitrogen and oxygen atoms in total. The molecule has 0 radical (unpaired) electrons. The second-order valence-corrected chi connectivity index (χ2v) is 13.6. The maximum atomic E-state index is 6.57. The fraction of sp³-hybridized carbons (Fsp3) is 0.200. The maximum absolute atomic E-state index is 6.57. The molecule has 4 aliphatic rings. The summed E-state index contributed by atoms with van der Waals surface area (Å²) in [4.78, 5) is 0. The first-order chi connectivity index (χ1) is 23.8. The first kappa shape index (κ1) is 29.1. The molecule has 2 N–H and O–H groups in total. The Morgan fingerprint density at radius 1 is 0.667 bits per heavy atom. The highest BCUT2D eigenvalue weighted by atomic mass is 16.5. The Labute approximate surface area is 283 Å². The van der Waals surface area contributed by atoms with E-state index in [0.29, 0.717) is 5.92 Å². The number of para-hydroxylation sites is 1. The van der Waals surface area contributed by atoms with Crippen LogP contribution in [0.1, 0.15) is 65.7 Å². The second kappa shape index (κ2) is 12.2. The van der Waals surface area contributed by atoms with Crippen molar-refractivity contribution in [1.82, 2.24) is 10.6 Å². The van der Waals surface area contributed by atoms with Crippen LogP contribution in [-0.2, 0) is 5.41 Å². The minimum absolute atomic E-state index is 0.0150. The molecule has 5 aromatic rings. The quantitative estimate of drug-likeness (QED) is 0.204. The summed E-state index contributed by atoms with van der Waals surface area (Å²) >= 11 is 0. The highest BCUT2D eigenvalue weighted by molar-refractivity contribution is 5.64. The van der Waals surface area contributed by atoms with Gasteiger partial charge in [-0.2, -0.15) is 0 Å². The second-order valence-electron chi connectivity index (χ2n) is 13.6. The van der Waals surface area contributed by atoms with Crippen molar-refractivity contribution in [3.05, 3.63) is 197 Å². The summed E-state index contributed by atoms with van der Waals surface area (Å²) in [5.74, 6) is 2.58. The zero-order valence-corrected chi connectivity index (χ0v) is 27.1. The van der Waals surface area contributed by atoms with Crippen LogP contribution in [0.3, 0.4) is 0 Å². The van der Waals surface area contributed by atoms with E-state index in [1.54, 1.807) is 0 Å². The number of ether oxygens (including phenoxy) is 1. The molecule has 2 aliphatic carbocycles. The van der Waals surface area contributed by atoms with E-state index in [9.17, 15) is 0 Å². The van der Waals surface area contributed by atoms with Gasteiger partial charge in [-0.15, -0.1) is 0 Å². The van der Waals surface area contributed by atoms with Crippen LogP contribution in [0.4, 0.5) is 0 Å². The Balaban J connectivity index is 1.09. The largest absolute Gasteiger partial charge is 0.461 e. The minimum atomic E-state index is -0.376. The Morgan fingerprint density at radius 2 is 1.35 bits per heavy atom.